The van der Waals surface area contributed by atoms with Gasteiger partial charge in [0.1, 0.15) is 5.75 Å². The van der Waals surface area contributed by atoms with Gasteiger partial charge in [-0.15, -0.1) is 0 Å². The Labute approximate surface area is 102 Å². The highest BCUT2D eigenvalue weighted by molar-refractivity contribution is 5.81. The van der Waals surface area contributed by atoms with E-state index in [4.69, 9.17) is 4.74 Å². The smallest absolute Gasteiger partial charge is 0.260 e. The number of rotatable bonds is 4. The number of amides is 1. The molecule has 92 valence electrons. The van der Waals surface area contributed by atoms with Crippen LogP contribution in [0.2, 0.25) is 0 Å². The number of ether oxygens (including phenoxy) is 1. The second kappa shape index (κ2) is 4.78. The van der Waals surface area contributed by atoms with Crippen molar-refractivity contribution in [2.24, 2.45) is 0 Å². The monoisotopic (exact) mass is 233 g/mol. The molecule has 1 fully saturated rings. The third-order valence-electron chi connectivity index (χ3n) is 2.80. The largest absolute Gasteiger partial charge is 0.481 e. The molecule has 0 saturated heterocycles. The number of benzene rings is 1. The number of carbonyl (C=O) groups excluding carboxylic acids is 1. The predicted molar refractivity (Wildman–Crippen MR) is 67.2 cm³/mol. The fraction of sp³-hybridized carbons (Fsp3) is 0.500. The molecule has 0 radical (unpaired) electrons. The van der Waals surface area contributed by atoms with E-state index in [0.29, 0.717) is 6.04 Å². The highest BCUT2D eigenvalue weighted by atomic mass is 16.5. The van der Waals surface area contributed by atoms with Gasteiger partial charge < -0.3 is 10.1 Å². The van der Waals surface area contributed by atoms with Crippen molar-refractivity contribution in [3.63, 3.8) is 0 Å². The van der Waals surface area contributed by atoms with Crippen molar-refractivity contribution >= 4 is 5.91 Å². The Morgan fingerprint density at radius 3 is 2.41 bits per heavy atom. The highest BCUT2D eigenvalue weighted by Crippen LogP contribution is 2.20. The van der Waals surface area contributed by atoms with Crippen LogP contribution in [0.3, 0.4) is 0 Å². The Balaban J connectivity index is 1.96. The lowest BCUT2D eigenvalue weighted by molar-refractivity contribution is -0.127. The first-order valence-corrected chi connectivity index (χ1v) is 6.10. The van der Waals surface area contributed by atoms with Gasteiger partial charge in [0, 0.05) is 6.04 Å². The molecule has 0 heterocycles. The topological polar surface area (TPSA) is 38.3 Å². The maximum absolute atomic E-state index is 11.7. The van der Waals surface area contributed by atoms with Crippen LogP contribution in [0.15, 0.2) is 18.2 Å². The Morgan fingerprint density at radius 2 is 1.88 bits per heavy atom. The standard InChI is InChI=1S/C14H19NO2/c1-9-6-10(2)8-13(7-9)17-11(3)14(16)15-12-4-5-12/h6-8,11-12H,4-5H2,1-3H3,(H,15,16)/t11-/m1/s1. The normalized spacial score (nSPS) is 16.4. The molecule has 3 nitrogen and oxygen atoms in total. The van der Waals surface area contributed by atoms with E-state index >= 15 is 0 Å². The van der Waals surface area contributed by atoms with Crippen molar-refractivity contribution in [3.8, 4) is 5.75 Å². The lowest BCUT2D eigenvalue weighted by Crippen LogP contribution is -2.37. The summed E-state index contributed by atoms with van der Waals surface area (Å²) < 4.78 is 5.65. The minimum atomic E-state index is -0.434. The summed E-state index contributed by atoms with van der Waals surface area (Å²) in [6.45, 7) is 5.83. The fourth-order valence-corrected chi connectivity index (χ4v) is 1.80. The van der Waals surface area contributed by atoms with E-state index in [1.165, 1.54) is 0 Å². The Hall–Kier alpha value is -1.51. The third kappa shape index (κ3) is 3.48. The average Bonchev–Trinajstić information content (AvgIpc) is 2.99. The summed E-state index contributed by atoms with van der Waals surface area (Å²) >= 11 is 0. The lowest BCUT2D eigenvalue weighted by Gasteiger charge is -2.15. The van der Waals surface area contributed by atoms with Crippen LogP contribution >= 0.6 is 0 Å². The van der Waals surface area contributed by atoms with Gasteiger partial charge >= 0.3 is 0 Å². The van der Waals surface area contributed by atoms with E-state index in [1.807, 2.05) is 26.0 Å². The summed E-state index contributed by atoms with van der Waals surface area (Å²) in [7, 11) is 0. The molecule has 0 aliphatic heterocycles. The van der Waals surface area contributed by atoms with Gasteiger partial charge in [-0.05, 0) is 56.9 Å². The van der Waals surface area contributed by atoms with Crippen LogP contribution in [-0.4, -0.2) is 18.1 Å². The molecule has 2 rings (SSSR count). The van der Waals surface area contributed by atoms with Gasteiger partial charge in [-0.1, -0.05) is 6.07 Å². The van der Waals surface area contributed by atoms with Crippen molar-refractivity contribution < 1.29 is 9.53 Å². The van der Waals surface area contributed by atoms with Crippen LogP contribution in [0, 0.1) is 13.8 Å². The number of carbonyl (C=O) groups is 1. The van der Waals surface area contributed by atoms with Crippen LogP contribution in [0.5, 0.6) is 5.75 Å². The van der Waals surface area contributed by atoms with Gasteiger partial charge in [0.25, 0.3) is 5.91 Å². The SMILES string of the molecule is Cc1cc(C)cc(O[C@H](C)C(=O)NC2CC2)c1. The molecule has 3 heteroatoms. The minimum absolute atomic E-state index is 0.0216. The molecular formula is C14H19NO2. The van der Waals surface area contributed by atoms with Crippen LogP contribution in [0.1, 0.15) is 30.9 Å². The first-order valence-electron chi connectivity index (χ1n) is 6.10. The van der Waals surface area contributed by atoms with Crippen LogP contribution in [-0.2, 0) is 4.79 Å². The van der Waals surface area contributed by atoms with E-state index < -0.39 is 6.10 Å². The second-order valence-electron chi connectivity index (χ2n) is 4.87. The molecule has 1 aromatic carbocycles. The zero-order valence-corrected chi connectivity index (χ0v) is 10.6. The van der Waals surface area contributed by atoms with Crippen LogP contribution < -0.4 is 10.1 Å². The number of nitrogens with one attached hydrogen (secondary N) is 1. The van der Waals surface area contributed by atoms with Crippen molar-refractivity contribution in [2.45, 2.75) is 45.8 Å². The molecule has 1 N–H and O–H groups in total. The fourth-order valence-electron chi connectivity index (χ4n) is 1.80. The number of hydrogen-bond donors (Lipinski definition) is 1. The molecule has 1 amide bonds. The molecule has 1 saturated carbocycles. The Bertz CT molecular complexity index is 404. The van der Waals surface area contributed by atoms with E-state index in [1.54, 1.807) is 6.92 Å². The molecule has 1 aliphatic rings. The van der Waals surface area contributed by atoms with Gasteiger partial charge in [0.05, 0.1) is 0 Å². The van der Waals surface area contributed by atoms with Gasteiger partial charge in [-0.25, -0.2) is 0 Å². The summed E-state index contributed by atoms with van der Waals surface area (Å²) in [4.78, 5) is 11.7. The second-order valence-corrected chi connectivity index (χ2v) is 4.87. The van der Waals surface area contributed by atoms with Gasteiger partial charge in [0.15, 0.2) is 6.10 Å². The minimum Gasteiger partial charge on any atom is -0.481 e. The number of aryl methyl sites for hydroxylation is 2. The highest BCUT2D eigenvalue weighted by Gasteiger charge is 2.26. The van der Waals surface area contributed by atoms with E-state index in [9.17, 15) is 4.79 Å². The van der Waals surface area contributed by atoms with Gasteiger partial charge in [-0.2, -0.15) is 0 Å². The first-order chi connectivity index (χ1) is 8.04. The van der Waals surface area contributed by atoms with Crippen molar-refractivity contribution in [2.75, 3.05) is 0 Å². The summed E-state index contributed by atoms with van der Waals surface area (Å²) in [6, 6.07) is 6.37. The first kappa shape index (κ1) is 12.0. The van der Waals surface area contributed by atoms with Crippen LogP contribution in [0.25, 0.3) is 0 Å². The summed E-state index contributed by atoms with van der Waals surface area (Å²) in [5.41, 5.74) is 2.30. The van der Waals surface area contributed by atoms with Gasteiger partial charge in [0.2, 0.25) is 0 Å². The van der Waals surface area contributed by atoms with Crippen LogP contribution in [0.4, 0.5) is 0 Å². The lowest BCUT2D eigenvalue weighted by atomic mass is 10.1. The predicted octanol–water partition coefficient (Wildman–Crippen LogP) is 2.35. The Morgan fingerprint density at radius 1 is 1.29 bits per heavy atom. The molecule has 0 aromatic heterocycles. The maximum atomic E-state index is 11.7. The molecule has 1 aliphatic carbocycles. The van der Waals surface area contributed by atoms with Crippen molar-refractivity contribution in [3.05, 3.63) is 29.3 Å². The Kier molecular flexibility index (Phi) is 3.36. The number of hydrogen-bond acceptors (Lipinski definition) is 2. The van der Waals surface area contributed by atoms with E-state index in [0.717, 1.165) is 29.7 Å². The quantitative estimate of drug-likeness (QED) is 0.867. The molecule has 0 bridgehead atoms. The third-order valence-corrected chi connectivity index (χ3v) is 2.80. The van der Waals surface area contributed by atoms with Crippen molar-refractivity contribution in [1.82, 2.24) is 5.32 Å². The van der Waals surface area contributed by atoms with Gasteiger partial charge in [-0.3, -0.25) is 4.79 Å². The summed E-state index contributed by atoms with van der Waals surface area (Å²) in [5, 5.41) is 2.94. The van der Waals surface area contributed by atoms with E-state index in [-0.39, 0.29) is 5.91 Å². The molecule has 0 unspecified atom stereocenters. The zero-order chi connectivity index (χ0) is 12.4. The molecule has 1 atom stereocenters. The maximum Gasteiger partial charge on any atom is 0.260 e. The molecule has 0 spiro atoms. The molecule has 1 aromatic rings. The molecule has 17 heavy (non-hydrogen) atoms. The molecular weight excluding hydrogens is 214 g/mol. The zero-order valence-electron chi connectivity index (χ0n) is 10.6. The summed E-state index contributed by atoms with van der Waals surface area (Å²) in [6.07, 6.45) is 1.76. The average molecular weight is 233 g/mol. The van der Waals surface area contributed by atoms with Crippen molar-refractivity contribution in [1.29, 1.82) is 0 Å². The van der Waals surface area contributed by atoms with E-state index in [2.05, 4.69) is 11.4 Å². The summed E-state index contributed by atoms with van der Waals surface area (Å²) in [5.74, 6) is 0.743.